The minimum absolute atomic E-state index is 0.174. The molecule has 2 aromatic rings. The van der Waals surface area contributed by atoms with E-state index < -0.39 is 0 Å². The fraction of sp³-hybridized carbons (Fsp3) is 0.421. The van der Waals surface area contributed by atoms with Crippen LogP contribution in [-0.4, -0.2) is 47.8 Å². The van der Waals surface area contributed by atoms with Crippen LogP contribution in [0.3, 0.4) is 0 Å². The number of pyridine rings is 2. The normalized spacial score (nSPS) is 19.6. The van der Waals surface area contributed by atoms with Gasteiger partial charge in [-0.25, -0.2) is 4.98 Å². The maximum atomic E-state index is 12.7. The van der Waals surface area contributed by atoms with Gasteiger partial charge in [0.05, 0.1) is 25.5 Å². The van der Waals surface area contributed by atoms with E-state index in [1.165, 1.54) is 0 Å². The first-order valence-electron chi connectivity index (χ1n) is 8.73. The Morgan fingerprint density at radius 1 is 1.35 bits per heavy atom. The van der Waals surface area contributed by atoms with Crippen LogP contribution in [0.15, 0.2) is 36.7 Å². The Morgan fingerprint density at radius 3 is 3.00 bits per heavy atom. The third-order valence-electron chi connectivity index (χ3n) is 4.09. The maximum absolute atomic E-state index is 12.7. The summed E-state index contributed by atoms with van der Waals surface area (Å²) in [7, 11) is 0. The minimum atomic E-state index is -0.288. The molecule has 1 aliphatic heterocycles. The van der Waals surface area contributed by atoms with Crippen molar-refractivity contribution in [1.29, 1.82) is 0 Å². The molecule has 7 heteroatoms. The third kappa shape index (κ3) is 4.49. The number of nitrogens with zero attached hydrogens (tertiary/aromatic N) is 2. The molecule has 0 spiro atoms. The molecule has 2 aromatic heterocycles. The molecule has 2 atom stereocenters. The number of aromatic nitrogens is 2. The highest BCUT2D eigenvalue weighted by Gasteiger charge is 2.30. The Bertz CT molecular complexity index is 736. The summed E-state index contributed by atoms with van der Waals surface area (Å²) < 4.78 is 17.0. The van der Waals surface area contributed by atoms with Crippen LogP contribution in [0.1, 0.15) is 29.4 Å². The highest BCUT2D eigenvalue weighted by atomic mass is 16.5. The average molecular weight is 357 g/mol. The molecule has 0 saturated carbocycles. The molecule has 0 bridgehead atoms. The number of ether oxygens (including phenoxy) is 3. The monoisotopic (exact) mass is 357 g/mol. The van der Waals surface area contributed by atoms with Crippen molar-refractivity contribution in [2.45, 2.75) is 32.4 Å². The number of rotatable bonds is 6. The molecule has 3 heterocycles. The second-order valence-electron chi connectivity index (χ2n) is 6.02. The Kier molecular flexibility index (Phi) is 6.01. The van der Waals surface area contributed by atoms with Gasteiger partial charge in [0.25, 0.3) is 5.91 Å². The summed E-state index contributed by atoms with van der Waals surface area (Å²) in [6, 6.07) is 6.99. The summed E-state index contributed by atoms with van der Waals surface area (Å²) in [5.41, 5.74) is 1.33. The van der Waals surface area contributed by atoms with Crippen molar-refractivity contribution < 1.29 is 19.0 Å². The Hall–Kier alpha value is -2.67. The van der Waals surface area contributed by atoms with Gasteiger partial charge in [0, 0.05) is 18.5 Å². The van der Waals surface area contributed by atoms with E-state index in [1.807, 2.05) is 26.0 Å². The van der Waals surface area contributed by atoms with Crippen LogP contribution in [0.5, 0.6) is 11.6 Å². The first kappa shape index (κ1) is 18.1. The van der Waals surface area contributed by atoms with Crippen molar-refractivity contribution in [2.75, 3.05) is 19.8 Å². The van der Waals surface area contributed by atoms with E-state index in [1.54, 1.807) is 24.5 Å². The predicted molar refractivity (Wildman–Crippen MR) is 95.5 cm³/mol. The highest BCUT2D eigenvalue weighted by molar-refractivity contribution is 5.96. The summed E-state index contributed by atoms with van der Waals surface area (Å²) in [5, 5.41) is 3.03. The van der Waals surface area contributed by atoms with E-state index in [0.717, 1.165) is 5.69 Å². The van der Waals surface area contributed by atoms with Crippen molar-refractivity contribution in [3.05, 3.63) is 47.9 Å². The van der Waals surface area contributed by atoms with Crippen LogP contribution < -0.4 is 14.8 Å². The molecule has 0 unspecified atom stereocenters. The van der Waals surface area contributed by atoms with Crippen molar-refractivity contribution in [3.63, 3.8) is 0 Å². The molecular formula is C19H23N3O4. The fourth-order valence-electron chi connectivity index (χ4n) is 2.75. The fourth-order valence-corrected chi connectivity index (χ4v) is 2.75. The second kappa shape index (κ2) is 8.62. The lowest BCUT2D eigenvalue weighted by molar-refractivity contribution is -0.0136. The lowest BCUT2D eigenvalue weighted by Gasteiger charge is -2.32. The molecule has 7 nitrogen and oxygen atoms in total. The SMILES string of the molecule is CCOc1ncccc1C(=O)N[C@H]1CCOC[C@H]1Oc1ccc(C)nc1. The second-order valence-corrected chi connectivity index (χ2v) is 6.02. The van der Waals surface area contributed by atoms with E-state index in [9.17, 15) is 4.79 Å². The van der Waals surface area contributed by atoms with E-state index >= 15 is 0 Å². The van der Waals surface area contributed by atoms with Gasteiger partial charge in [-0.1, -0.05) is 0 Å². The van der Waals surface area contributed by atoms with Gasteiger partial charge in [0.15, 0.2) is 0 Å². The number of hydrogen-bond donors (Lipinski definition) is 1. The first-order chi connectivity index (χ1) is 12.7. The number of aryl methyl sites for hydroxylation is 1. The number of carbonyl (C=O) groups is 1. The van der Waals surface area contributed by atoms with Crippen LogP contribution in [-0.2, 0) is 4.74 Å². The zero-order chi connectivity index (χ0) is 18.4. The van der Waals surface area contributed by atoms with Crippen LogP contribution >= 0.6 is 0 Å². The summed E-state index contributed by atoms with van der Waals surface area (Å²) in [6.07, 6.45) is 3.66. The van der Waals surface area contributed by atoms with Crippen LogP contribution in [0.25, 0.3) is 0 Å². The Morgan fingerprint density at radius 2 is 2.23 bits per heavy atom. The minimum Gasteiger partial charge on any atom is -0.484 e. The molecule has 3 rings (SSSR count). The molecule has 1 N–H and O–H groups in total. The number of hydrogen-bond acceptors (Lipinski definition) is 6. The molecule has 1 fully saturated rings. The quantitative estimate of drug-likeness (QED) is 0.853. The van der Waals surface area contributed by atoms with Gasteiger partial charge in [-0.3, -0.25) is 9.78 Å². The van der Waals surface area contributed by atoms with Crippen molar-refractivity contribution in [2.24, 2.45) is 0 Å². The van der Waals surface area contributed by atoms with E-state index in [2.05, 4.69) is 15.3 Å². The largest absolute Gasteiger partial charge is 0.484 e. The molecule has 0 radical (unpaired) electrons. The topological polar surface area (TPSA) is 82.6 Å². The van der Waals surface area contributed by atoms with Crippen LogP contribution in [0, 0.1) is 6.92 Å². The molecule has 0 aromatic carbocycles. The Labute approximate surface area is 152 Å². The molecule has 1 aliphatic rings. The predicted octanol–water partition coefficient (Wildman–Crippen LogP) is 2.15. The van der Waals surface area contributed by atoms with Crippen molar-refractivity contribution in [1.82, 2.24) is 15.3 Å². The average Bonchev–Trinajstić information content (AvgIpc) is 2.66. The van der Waals surface area contributed by atoms with Gasteiger partial charge in [-0.2, -0.15) is 0 Å². The molecule has 1 saturated heterocycles. The van der Waals surface area contributed by atoms with Crippen LogP contribution in [0.4, 0.5) is 0 Å². The summed E-state index contributed by atoms with van der Waals surface area (Å²) in [5.74, 6) is 0.755. The molecule has 0 aliphatic carbocycles. The molecular weight excluding hydrogens is 334 g/mol. The van der Waals surface area contributed by atoms with Gasteiger partial charge in [-0.15, -0.1) is 0 Å². The number of nitrogens with one attached hydrogen (secondary N) is 1. The third-order valence-corrected chi connectivity index (χ3v) is 4.09. The Balaban J connectivity index is 1.70. The lowest BCUT2D eigenvalue weighted by Crippen LogP contribution is -2.51. The van der Waals surface area contributed by atoms with E-state index in [0.29, 0.717) is 43.4 Å². The summed E-state index contributed by atoms with van der Waals surface area (Å²) in [4.78, 5) is 21.1. The van der Waals surface area contributed by atoms with Crippen molar-refractivity contribution in [3.8, 4) is 11.6 Å². The standard InChI is InChI=1S/C19H23N3O4/c1-3-25-19-15(5-4-9-20-19)18(23)22-16-8-10-24-12-17(16)26-14-7-6-13(2)21-11-14/h4-7,9,11,16-17H,3,8,10,12H2,1-2H3,(H,22,23)/t16-,17+/m0/s1. The lowest BCUT2D eigenvalue weighted by atomic mass is 10.1. The van der Waals surface area contributed by atoms with Gasteiger partial charge in [0.2, 0.25) is 5.88 Å². The van der Waals surface area contributed by atoms with Crippen molar-refractivity contribution >= 4 is 5.91 Å². The zero-order valence-electron chi connectivity index (χ0n) is 15.0. The summed E-state index contributed by atoms with van der Waals surface area (Å²) in [6.45, 7) is 5.20. The molecule has 26 heavy (non-hydrogen) atoms. The van der Waals surface area contributed by atoms with E-state index in [-0.39, 0.29) is 18.1 Å². The zero-order valence-corrected chi connectivity index (χ0v) is 15.0. The van der Waals surface area contributed by atoms with Crippen LogP contribution in [0.2, 0.25) is 0 Å². The highest BCUT2D eigenvalue weighted by Crippen LogP contribution is 2.19. The first-order valence-corrected chi connectivity index (χ1v) is 8.73. The summed E-state index contributed by atoms with van der Waals surface area (Å²) >= 11 is 0. The number of amides is 1. The molecule has 138 valence electrons. The number of carbonyl (C=O) groups excluding carboxylic acids is 1. The smallest absolute Gasteiger partial charge is 0.257 e. The van der Waals surface area contributed by atoms with E-state index in [4.69, 9.17) is 14.2 Å². The molecule has 1 amide bonds. The van der Waals surface area contributed by atoms with Gasteiger partial charge >= 0.3 is 0 Å². The van der Waals surface area contributed by atoms with Gasteiger partial charge < -0.3 is 19.5 Å². The van der Waals surface area contributed by atoms with Gasteiger partial charge in [0.1, 0.15) is 17.4 Å². The maximum Gasteiger partial charge on any atom is 0.257 e. The van der Waals surface area contributed by atoms with Gasteiger partial charge in [-0.05, 0) is 44.5 Å².